The number of anilines is 2. The second-order valence-electron chi connectivity index (χ2n) is 4.95. The summed E-state index contributed by atoms with van der Waals surface area (Å²) in [6.45, 7) is 8.80. The lowest BCUT2D eigenvalue weighted by Crippen LogP contribution is -2.39. The Kier molecular flexibility index (Phi) is 3.17. The van der Waals surface area contributed by atoms with Crippen LogP contribution in [0.4, 0.5) is 11.6 Å². The maximum absolute atomic E-state index is 5.63. The molecule has 0 saturated carbocycles. The molecular weight excluding hydrogens is 188 g/mol. The first-order valence-electron chi connectivity index (χ1n) is 5.12. The van der Waals surface area contributed by atoms with Gasteiger partial charge in [-0.3, -0.25) is 0 Å². The molecule has 0 bridgehead atoms. The number of hydrogen-bond acceptors (Lipinski definition) is 4. The topological polar surface area (TPSA) is 55.0 Å². The number of nitrogens with two attached hydrogens (primary N) is 1. The highest BCUT2D eigenvalue weighted by molar-refractivity contribution is 5.46. The number of aromatic nitrogens is 2. The first kappa shape index (κ1) is 11.8. The van der Waals surface area contributed by atoms with Crippen LogP contribution >= 0.6 is 0 Å². The van der Waals surface area contributed by atoms with E-state index in [2.05, 4.69) is 42.6 Å². The lowest BCUT2D eigenvalue weighted by atomic mass is 9.87. The van der Waals surface area contributed by atoms with Crippen molar-refractivity contribution in [3.05, 3.63) is 12.4 Å². The number of hydrogen-bond donors (Lipinski definition) is 1. The first-order chi connectivity index (χ1) is 6.82. The molecule has 0 radical (unpaired) electrons. The lowest BCUT2D eigenvalue weighted by molar-refractivity contribution is 0.328. The van der Waals surface area contributed by atoms with Crippen LogP contribution < -0.4 is 10.6 Å². The largest absolute Gasteiger partial charge is 0.384 e. The van der Waals surface area contributed by atoms with E-state index in [-0.39, 0.29) is 5.41 Å². The monoisotopic (exact) mass is 208 g/mol. The van der Waals surface area contributed by atoms with Gasteiger partial charge in [0.05, 0.1) is 0 Å². The Labute approximate surface area is 91.5 Å². The highest BCUT2D eigenvalue weighted by atomic mass is 15.2. The third-order valence-electron chi connectivity index (χ3n) is 2.87. The van der Waals surface area contributed by atoms with E-state index < -0.39 is 0 Å². The first-order valence-corrected chi connectivity index (χ1v) is 5.12. The summed E-state index contributed by atoms with van der Waals surface area (Å²) in [5.74, 6) is 1.37. The Hall–Kier alpha value is -1.32. The Morgan fingerprint density at radius 3 is 2.40 bits per heavy atom. The normalized spacial score (nSPS) is 13.7. The highest BCUT2D eigenvalue weighted by Gasteiger charge is 2.24. The summed E-state index contributed by atoms with van der Waals surface area (Å²) in [5.41, 5.74) is 5.83. The second kappa shape index (κ2) is 4.04. The second-order valence-corrected chi connectivity index (χ2v) is 4.95. The minimum absolute atomic E-state index is 0.203. The molecule has 2 N–H and O–H groups in total. The van der Waals surface area contributed by atoms with Gasteiger partial charge >= 0.3 is 0 Å². The molecule has 1 heterocycles. The van der Waals surface area contributed by atoms with Gasteiger partial charge in [-0.25, -0.2) is 9.97 Å². The molecule has 0 saturated heterocycles. The summed E-state index contributed by atoms with van der Waals surface area (Å²) in [7, 11) is 2.03. The molecule has 1 aromatic heterocycles. The molecular formula is C11H20N4. The van der Waals surface area contributed by atoms with Crippen LogP contribution in [0.25, 0.3) is 0 Å². The van der Waals surface area contributed by atoms with Crippen LogP contribution in [0.1, 0.15) is 27.7 Å². The van der Waals surface area contributed by atoms with Gasteiger partial charge in [-0.15, -0.1) is 0 Å². The van der Waals surface area contributed by atoms with Gasteiger partial charge in [0.2, 0.25) is 0 Å². The third-order valence-corrected chi connectivity index (χ3v) is 2.87. The standard InChI is InChI=1S/C11H20N4/c1-8(11(2,3)4)15(5)10-6-9(12)13-7-14-10/h6-8H,1-5H3,(H2,12,13,14). The minimum Gasteiger partial charge on any atom is -0.384 e. The summed E-state index contributed by atoms with van der Waals surface area (Å²) in [6, 6.07) is 2.18. The van der Waals surface area contributed by atoms with Crippen LogP contribution in [-0.4, -0.2) is 23.1 Å². The predicted molar refractivity (Wildman–Crippen MR) is 63.8 cm³/mol. The van der Waals surface area contributed by atoms with Crippen LogP contribution in [0.15, 0.2) is 12.4 Å². The molecule has 1 atom stereocenters. The van der Waals surface area contributed by atoms with Crippen LogP contribution in [0.2, 0.25) is 0 Å². The van der Waals surface area contributed by atoms with Crippen molar-refractivity contribution in [3.8, 4) is 0 Å². The Morgan fingerprint density at radius 2 is 1.93 bits per heavy atom. The summed E-state index contributed by atoms with van der Waals surface area (Å²) < 4.78 is 0. The Balaban J connectivity index is 2.90. The van der Waals surface area contributed by atoms with E-state index in [9.17, 15) is 0 Å². The molecule has 84 valence electrons. The molecule has 0 aliphatic rings. The SMILES string of the molecule is CC(N(C)c1cc(N)ncn1)C(C)(C)C. The van der Waals surface area contributed by atoms with Crippen LogP contribution in [0.3, 0.4) is 0 Å². The predicted octanol–water partition coefficient (Wildman–Crippen LogP) is 1.93. The minimum atomic E-state index is 0.203. The van der Waals surface area contributed by atoms with E-state index >= 15 is 0 Å². The molecule has 0 fully saturated rings. The smallest absolute Gasteiger partial charge is 0.134 e. The molecule has 0 spiro atoms. The van der Waals surface area contributed by atoms with Crippen molar-refractivity contribution < 1.29 is 0 Å². The van der Waals surface area contributed by atoms with E-state index in [1.54, 1.807) is 6.07 Å². The number of nitrogens with zero attached hydrogens (tertiary/aromatic N) is 3. The molecule has 1 unspecified atom stereocenters. The zero-order valence-electron chi connectivity index (χ0n) is 10.2. The average molecular weight is 208 g/mol. The number of nitrogen functional groups attached to an aromatic ring is 1. The van der Waals surface area contributed by atoms with Crippen molar-refractivity contribution in [1.29, 1.82) is 0 Å². The van der Waals surface area contributed by atoms with Gasteiger partial charge in [-0.2, -0.15) is 0 Å². The van der Waals surface area contributed by atoms with E-state index in [0.717, 1.165) is 5.82 Å². The lowest BCUT2D eigenvalue weighted by Gasteiger charge is -2.36. The van der Waals surface area contributed by atoms with Gasteiger partial charge in [-0.1, -0.05) is 20.8 Å². The van der Waals surface area contributed by atoms with Crippen molar-refractivity contribution in [3.63, 3.8) is 0 Å². The Bertz CT molecular complexity index is 330. The number of rotatable bonds is 2. The van der Waals surface area contributed by atoms with Gasteiger partial charge in [-0.05, 0) is 12.3 Å². The summed E-state index contributed by atoms with van der Waals surface area (Å²) in [4.78, 5) is 10.2. The van der Waals surface area contributed by atoms with Crippen LogP contribution in [-0.2, 0) is 0 Å². The van der Waals surface area contributed by atoms with Gasteiger partial charge < -0.3 is 10.6 Å². The molecule has 0 aliphatic carbocycles. The van der Waals surface area contributed by atoms with E-state index in [1.807, 2.05) is 7.05 Å². The molecule has 1 aromatic rings. The fourth-order valence-electron chi connectivity index (χ4n) is 1.33. The zero-order valence-corrected chi connectivity index (χ0v) is 10.2. The van der Waals surface area contributed by atoms with Crippen molar-refractivity contribution in [1.82, 2.24) is 9.97 Å². The maximum atomic E-state index is 5.63. The fourth-order valence-corrected chi connectivity index (χ4v) is 1.33. The van der Waals surface area contributed by atoms with Crippen LogP contribution in [0.5, 0.6) is 0 Å². The molecule has 4 heteroatoms. The summed E-state index contributed by atoms with van der Waals surface area (Å²) >= 11 is 0. The van der Waals surface area contributed by atoms with Gasteiger partial charge in [0.15, 0.2) is 0 Å². The summed E-state index contributed by atoms with van der Waals surface area (Å²) in [6.07, 6.45) is 1.50. The molecule has 1 rings (SSSR count). The molecule has 15 heavy (non-hydrogen) atoms. The maximum Gasteiger partial charge on any atom is 0.134 e. The van der Waals surface area contributed by atoms with Gasteiger partial charge in [0, 0.05) is 19.2 Å². The van der Waals surface area contributed by atoms with Gasteiger partial charge in [0.25, 0.3) is 0 Å². The zero-order chi connectivity index (χ0) is 11.6. The van der Waals surface area contributed by atoms with Crippen molar-refractivity contribution in [2.45, 2.75) is 33.7 Å². The van der Waals surface area contributed by atoms with Crippen molar-refractivity contribution in [2.75, 3.05) is 17.7 Å². The molecule has 0 amide bonds. The summed E-state index contributed by atoms with van der Waals surface area (Å²) in [5, 5.41) is 0. The van der Waals surface area contributed by atoms with Crippen LogP contribution in [0, 0.1) is 5.41 Å². The third kappa shape index (κ3) is 2.81. The van der Waals surface area contributed by atoms with E-state index in [1.165, 1.54) is 6.33 Å². The van der Waals surface area contributed by atoms with Gasteiger partial charge in [0.1, 0.15) is 18.0 Å². The molecule has 4 nitrogen and oxygen atoms in total. The highest BCUT2D eigenvalue weighted by Crippen LogP contribution is 2.26. The fraction of sp³-hybridized carbons (Fsp3) is 0.636. The molecule has 0 aliphatic heterocycles. The van der Waals surface area contributed by atoms with Crippen molar-refractivity contribution in [2.24, 2.45) is 5.41 Å². The quantitative estimate of drug-likeness (QED) is 0.807. The van der Waals surface area contributed by atoms with Crippen molar-refractivity contribution >= 4 is 11.6 Å². The van der Waals surface area contributed by atoms with E-state index in [0.29, 0.717) is 11.9 Å². The average Bonchev–Trinajstić information content (AvgIpc) is 2.14. The molecule has 0 aromatic carbocycles. The van der Waals surface area contributed by atoms with E-state index in [4.69, 9.17) is 5.73 Å². The Morgan fingerprint density at radius 1 is 1.33 bits per heavy atom.